The number of nitrogen functional groups attached to an aromatic ring is 1. The summed E-state index contributed by atoms with van der Waals surface area (Å²) in [7, 11) is 2.05. The number of aromatic nitrogens is 1. The van der Waals surface area contributed by atoms with Crippen molar-refractivity contribution in [1.29, 1.82) is 0 Å². The van der Waals surface area contributed by atoms with E-state index in [0.717, 1.165) is 13.0 Å². The minimum Gasteiger partial charge on any atom is -0.349 e. The Morgan fingerprint density at radius 3 is 2.95 bits per heavy atom. The second kappa shape index (κ2) is 7.70. The number of hydrogen-bond donors (Lipinski definition) is 3. The SMILES string of the molecule is CCC(C)N(C)CCNC(=O)c1cc(NN)ccn1. The molecule has 0 spiro atoms. The van der Waals surface area contributed by atoms with E-state index < -0.39 is 0 Å². The minimum atomic E-state index is -0.186. The molecule has 1 aromatic rings. The number of nitrogens with two attached hydrogens (primary N) is 1. The van der Waals surface area contributed by atoms with Crippen LogP contribution in [0.5, 0.6) is 0 Å². The first kappa shape index (κ1) is 15.4. The van der Waals surface area contributed by atoms with Crippen LogP contribution in [0.3, 0.4) is 0 Å². The lowest BCUT2D eigenvalue weighted by Crippen LogP contribution is -2.37. The average molecular weight is 265 g/mol. The molecule has 6 nitrogen and oxygen atoms in total. The van der Waals surface area contributed by atoms with Crippen LogP contribution < -0.4 is 16.6 Å². The Labute approximate surface area is 114 Å². The lowest BCUT2D eigenvalue weighted by molar-refractivity contribution is 0.0942. The van der Waals surface area contributed by atoms with Crippen molar-refractivity contribution in [3.8, 4) is 0 Å². The van der Waals surface area contributed by atoms with Crippen molar-refractivity contribution in [3.63, 3.8) is 0 Å². The first-order valence-corrected chi connectivity index (χ1v) is 6.49. The van der Waals surface area contributed by atoms with Gasteiger partial charge in [-0.15, -0.1) is 0 Å². The molecule has 0 fully saturated rings. The lowest BCUT2D eigenvalue weighted by atomic mass is 10.2. The molecule has 0 saturated heterocycles. The monoisotopic (exact) mass is 265 g/mol. The van der Waals surface area contributed by atoms with Gasteiger partial charge in [-0.05, 0) is 32.5 Å². The van der Waals surface area contributed by atoms with Gasteiger partial charge in [-0.25, -0.2) is 0 Å². The maximum absolute atomic E-state index is 11.9. The molecule has 0 aliphatic rings. The van der Waals surface area contributed by atoms with Crippen LogP contribution in [0.2, 0.25) is 0 Å². The van der Waals surface area contributed by atoms with E-state index in [9.17, 15) is 4.79 Å². The Kier molecular flexibility index (Phi) is 6.24. The normalized spacial score (nSPS) is 12.3. The van der Waals surface area contributed by atoms with Gasteiger partial charge in [0.15, 0.2) is 0 Å². The molecular weight excluding hydrogens is 242 g/mol. The highest BCUT2D eigenvalue weighted by Gasteiger charge is 2.09. The second-order valence-corrected chi connectivity index (χ2v) is 4.57. The van der Waals surface area contributed by atoms with Crippen LogP contribution in [0.4, 0.5) is 5.69 Å². The molecule has 4 N–H and O–H groups in total. The lowest BCUT2D eigenvalue weighted by Gasteiger charge is -2.23. The molecule has 0 aromatic carbocycles. The Bertz CT molecular complexity index is 410. The van der Waals surface area contributed by atoms with Gasteiger partial charge in [0.1, 0.15) is 5.69 Å². The quantitative estimate of drug-likeness (QED) is 0.502. The summed E-state index contributed by atoms with van der Waals surface area (Å²) in [6.45, 7) is 5.73. The summed E-state index contributed by atoms with van der Waals surface area (Å²) in [5.74, 6) is 5.11. The van der Waals surface area contributed by atoms with Gasteiger partial charge in [-0.3, -0.25) is 15.6 Å². The van der Waals surface area contributed by atoms with Gasteiger partial charge < -0.3 is 15.6 Å². The van der Waals surface area contributed by atoms with E-state index in [1.807, 2.05) is 0 Å². The summed E-state index contributed by atoms with van der Waals surface area (Å²) >= 11 is 0. The molecule has 1 unspecified atom stereocenters. The van der Waals surface area contributed by atoms with Crippen LogP contribution in [0.1, 0.15) is 30.8 Å². The number of carbonyl (C=O) groups excluding carboxylic acids is 1. The fourth-order valence-electron chi connectivity index (χ4n) is 1.61. The first-order chi connectivity index (χ1) is 9.08. The molecule has 0 aliphatic carbocycles. The number of hydrazine groups is 1. The van der Waals surface area contributed by atoms with Crippen molar-refractivity contribution in [1.82, 2.24) is 15.2 Å². The van der Waals surface area contributed by atoms with Crippen LogP contribution in [-0.2, 0) is 0 Å². The molecule has 0 aliphatic heterocycles. The molecule has 1 amide bonds. The van der Waals surface area contributed by atoms with Gasteiger partial charge >= 0.3 is 0 Å². The topological polar surface area (TPSA) is 83.3 Å². The van der Waals surface area contributed by atoms with Crippen molar-refractivity contribution in [3.05, 3.63) is 24.0 Å². The first-order valence-electron chi connectivity index (χ1n) is 6.49. The maximum Gasteiger partial charge on any atom is 0.269 e. The van der Waals surface area contributed by atoms with E-state index in [-0.39, 0.29) is 5.91 Å². The summed E-state index contributed by atoms with van der Waals surface area (Å²) in [5.41, 5.74) is 3.52. The summed E-state index contributed by atoms with van der Waals surface area (Å²) in [4.78, 5) is 18.1. The van der Waals surface area contributed by atoms with Gasteiger partial charge in [0.05, 0.1) is 5.69 Å². The third-order valence-corrected chi connectivity index (χ3v) is 3.25. The summed E-state index contributed by atoms with van der Waals surface area (Å²) in [6.07, 6.45) is 2.64. The summed E-state index contributed by atoms with van der Waals surface area (Å²) in [5, 5.41) is 2.85. The van der Waals surface area contributed by atoms with Gasteiger partial charge in [0.2, 0.25) is 0 Å². The van der Waals surface area contributed by atoms with Crippen molar-refractivity contribution in [2.45, 2.75) is 26.3 Å². The highest BCUT2D eigenvalue weighted by Crippen LogP contribution is 2.05. The number of rotatable bonds is 7. The average Bonchev–Trinajstić information content (AvgIpc) is 2.46. The largest absolute Gasteiger partial charge is 0.349 e. The van der Waals surface area contributed by atoms with Gasteiger partial charge in [0.25, 0.3) is 5.91 Å². The Hall–Kier alpha value is -1.66. The Balaban J connectivity index is 2.43. The fourth-order valence-corrected chi connectivity index (χ4v) is 1.61. The zero-order chi connectivity index (χ0) is 14.3. The number of pyridine rings is 1. The van der Waals surface area contributed by atoms with Crippen molar-refractivity contribution in [2.75, 3.05) is 25.6 Å². The van der Waals surface area contributed by atoms with Gasteiger partial charge in [-0.2, -0.15) is 0 Å². The number of nitrogens with one attached hydrogen (secondary N) is 2. The molecule has 1 aromatic heterocycles. The number of carbonyl (C=O) groups is 1. The highest BCUT2D eigenvalue weighted by atomic mass is 16.1. The predicted octanol–water partition coefficient (Wildman–Crippen LogP) is 0.827. The summed E-state index contributed by atoms with van der Waals surface area (Å²) < 4.78 is 0. The van der Waals surface area contributed by atoms with E-state index in [0.29, 0.717) is 24.0 Å². The molecule has 1 heterocycles. The van der Waals surface area contributed by atoms with E-state index >= 15 is 0 Å². The number of hydrogen-bond acceptors (Lipinski definition) is 5. The Morgan fingerprint density at radius 1 is 1.58 bits per heavy atom. The number of anilines is 1. The third-order valence-electron chi connectivity index (χ3n) is 3.25. The second-order valence-electron chi connectivity index (χ2n) is 4.57. The molecule has 19 heavy (non-hydrogen) atoms. The molecule has 0 radical (unpaired) electrons. The fraction of sp³-hybridized carbons (Fsp3) is 0.538. The van der Waals surface area contributed by atoms with Crippen molar-refractivity contribution in [2.24, 2.45) is 5.84 Å². The third kappa shape index (κ3) is 4.84. The number of nitrogens with zero attached hydrogens (tertiary/aromatic N) is 2. The van der Waals surface area contributed by atoms with Gasteiger partial charge in [-0.1, -0.05) is 6.92 Å². The minimum absolute atomic E-state index is 0.186. The predicted molar refractivity (Wildman–Crippen MR) is 76.8 cm³/mol. The number of likely N-dealkylation sites (N-methyl/N-ethyl adjacent to an activating group) is 1. The van der Waals surface area contributed by atoms with Crippen molar-refractivity contribution < 1.29 is 4.79 Å². The molecule has 6 heteroatoms. The van der Waals surface area contributed by atoms with Crippen LogP contribution in [-0.4, -0.2) is 42.0 Å². The molecule has 0 bridgehead atoms. The molecule has 106 valence electrons. The Morgan fingerprint density at radius 2 is 2.32 bits per heavy atom. The van der Waals surface area contributed by atoms with Crippen LogP contribution in [0.25, 0.3) is 0 Å². The summed E-state index contributed by atoms with van der Waals surface area (Å²) in [6, 6.07) is 3.83. The molecule has 1 atom stereocenters. The zero-order valence-corrected chi connectivity index (χ0v) is 11.8. The van der Waals surface area contributed by atoms with Crippen LogP contribution >= 0.6 is 0 Å². The zero-order valence-electron chi connectivity index (χ0n) is 11.8. The van der Waals surface area contributed by atoms with E-state index in [1.54, 1.807) is 18.3 Å². The van der Waals surface area contributed by atoms with E-state index in [1.165, 1.54) is 0 Å². The van der Waals surface area contributed by atoms with Crippen LogP contribution in [0.15, 0.2) is 18.3 Å². The molecule has 1 rings (SSSR count). The molecular formula is C13H23N5O. The van der Waals surface area contributed by atoms with Gasteiger partial charge in [0, 0.05) is 25.3 Å². The van der Waals surface area contributed by atoms with Crippen LogP contribution in [0, 0.1) is 0 Å². The number of amides is 1. The highest BCUT2D eigenvalue weighted by molar-refractivity contribution is 5.93. The van der Waals surface area contributed by atoms with Crippen molar-refractivity contribution >= 4 is 11.6 Å². The standard InChI is InChI=1S/C13H23N5O/c1-4-10(2)18(3)8-7-16-13(19)12-9-11(17-14)5-6-15-12/h5-6,9-10H,4,7-8,14H2,1-3H3,(H,15,17)(H,16,19). The maximum atomic E-state index is 11.9. The van der Waals surface area contributed by atoms with E-state index in [2.05, 4.69) is 41.5 Å². The van der Waals surface area contributed by atoms with E-state index in [4.69, 9.17) is 5.84 Å². The molecule has 0 saturated carbocycles. The smallest absolute Gasteiger partial charge is 0.269 e.